The zero-order valence-electron chi connectivity index (χ0n) is 23.4. The van der Waals surface area contributed by atoms with Gasteiger partial charge in [0, 0.05) is 11.3 Å². The molecule has 0 bridgehead atoms. The van der Waals surface area contributed by atoms with Crippen molar-refractivity contribution in [2.75, 3.05) is 86.1 Å². The molecule has 0 saturated heterocycles. The molecule has 3 unspecified atom stereocenters. The molecule has 3 N–H and O–H groups in total. The summed E-state index contributed by atoms with van der Waals surface area (Å²) in [4.78, 5) is 1.19. The minimum atomic E-state index is -4.34. The van der Waals surface area contributed by atoms with E-state index in [1.165, 1.54) is 4.88 Å². The number of hydrogen-bond acceptors (Lipinski definition) is 12. The van der Waals surface area contributed by atoms with Crippen LogP contribution in [-0.4, -0.2) is 132 Å². The van der Waals surface area contributed by atoms with Gasteiger partial charge in [-0.25, -0.2) is 0 Å². The Bertz CT molecular complexity index is 777. The van der Waals surface area contributed by atoms with Crippen molar-refractivity contribution in [1.82, 2.24) is 0 Å². The van der Waals surface area contributed by atoms with Crippen LogP contribution in [0.5, 0.6) is 0 Å². The van der Waals surface area contributed by atoms with Crippen LogP contribution in [-0.2, 0) is 44.3 Å². The van der Waals surface area contributed by atoms with Gasteiger partial charge >= 0.3 is 12.2 Å². The van der Waals surface area contributed by atoms with E-state index in [0.717, 1.165) is 6.42 Å². The smallest absolute Gasteiger partial charge is 0.383 e. The molecule has 246 valence electrons. The third-order valence-corrected chi connectivity index (χ3v) is 5.71. The molecule has 0 fully saturated rings. The molecule has 0 aliphatic carbocycles. The fraction of sp³-hybridized carbons (Fsp3) is 0.769. The summed E-state index contributed by atoms with van der Waals surface area (Å²) in [6.45, 7) is -0.416. The van der Waals surface area contributed by atoms with Crippen molar-refractivity contribution >= 4 is 11.3 Å². The molecule has 0 aliphatic rings. The van der Waals surface area contributed by atoms with Crippen LogP contribution in [0.1, 0.15) is 11.3 Å². The molecule has 3 atom stereocenters. The Morgan fingerprint density at radius 1 is 0.714 bits per heavy atom. The van der Waals surface area contributed by atoms with Crippen LogP contribution in [0.15, 0.2) is 30.2 Å². The topological polar surface area (TPSA) is 135 Å². The minimum absolute atomic E-state index is 0.0193. The average molecular weight is 639 g/mol. The third-order valence-electron chi connectivity index (χ3n) is 4.78. The first-order valence-electron chi connectivity index (χ1n) is 13.2. The molecule has 1 rings (SSSR count). The predicted molar refractivity (Wildman–Crippen MR) is 143 cm³/mol. The SMILES string of the molecule is C=CCCOCC(O)COCC(F)(F)OC(F)(F)COCOCCOCC(O)COCC(O)COCCc1cccs1. The Hall–Kier alpha value is -1.28. The molecule has 1 heterocycles. The van der Waals surface area contributed by atoms with Crippen LogP contribution in [0.2, 0.25) is 0 Å². The first-order chi connectivity index (χ1) is 20.0. The van der Waals surface area contributed by atoms with Crippen LogP contribution in [0, 0.1) is 0 Å². The number of hydrogen-bond donors (Lipinski definition) is 3. The van der Waals surface area contributed by atoms with Crippen LogP contribution in [0.4, 0.5) is 17.6 Å². The van der Waals surface area contributed by atoms with Gasteiger partial charge in [-0.05, 0) is 17.9 Å². The molecule has 1 aromatic heterocycles. The van der Waals surface area contributed by atoms with E-state index in [-0.39, 0.29) is 52.9 Å². The predicted octanol–water partition coefficient (Wildman–Crippen LogP) is 2.23. The Labute approximate surface area is 246 Å². The highest BCUT2D eigenvalue weighted by atomic mass is 32.1. The Balaban J connectivity index is 1.98. The zero-order chi connectivity index (χ0) is 31.1. The van der Waals surface area contributed by atoms with Crippen molar-refractivity contribution in [3.8, 4) is 0 Å². The molecule has 42 heavy (non-hydrogen) atoms. The number of thiophene rings is 1. The van der Waals surface area contributed by atoms with E-state index < -0.39 is 57.1 Å². The Morgan fingerprint density at radius 3 is 1.83 bits per heavy atom. The molecule has 0 amide bonds. The maximum absolute atomic E-state index is 13.6. The average Bonchev–Trinajstić information content (AvgIpc) is 3.43. The molecule has 0 radical (unpaired) electrons. The van der Waals surface area contributed by atoms with Gasteiger partial charge in [0.2, 0.25) is 0 Å². The second kappa shape index (κ2) is 23.1. The minimum Gasteiger partial charge on any atom is -0.388 e. The molecule has 0 spiro atoms. The van der Waals surface area contributed by atoms with Crippen molar-refractivity contribution in [3.05, 3.63) is 35.0 Å². The second-order valence-electron chi connectivity index (χ2n) is 8.90. The molecule has 1 aromatic rings. The fourth-order valence-corrected chi connectivity index (χ4v) is 3.61. The fourth-order valence-electron chi connectivity index (χ4n) is 2.92. The summed E-state index contributed by atoms with van der Waals surface area (Å²) in [6, 6.07) is 3.96. The van der Waals surface area contributed by atoms with Gasteiger partial charge in [0.05, 0.1) is 66.1 Å². The number of rotatable bonds is 29. The van der Waals surface area contributed by atoms with E-state index in [4.69, 9.17) is 23.7 Å². The van der Waals surface area contributed by atoms with E-state index in [1.54, 1.807) is 17.4 Å². The molecule has 0 aliphatic heterocycles. The van der Waals surface area contributed by atoms with Gasteiger partial charge in [0.25, 0.3) is 0 Å². The quantitative estimate of drug-likeness (QED) is 0.0516. The summed E-state index contributed by atoms with van der Waals surface area (Å²) in [5, 5.41) is 31.2. The van der Waals surface area contributed by atoms with Gasteiger partial charge in [-0.1, -0.05) is 12.1 Å². The number of alkyl halides is 4. The van der Waals surface area contributed by atoms with Gasteiger partial charge in [0.1, 0.15) is 38.3 Å². The maximum Gasteiger partial charge on any atom is 0.383 e. The lowest BCUT2D eigenvalue weighted by Gasteiger charge is -2.24. The van der Waals surface area contributed by atoms with Crippen molar-refractivity contribution in [3.63, 3.8) is 0 Å². The summed E-state index contributed by atoms with van der Waals surface area (Å²) < 4.78 is 92.8. The second-order valence-corrected chi connectivity index (χ2v) is 9.93. The standard InChI is InChI=1S/C26H42F4O11S/c1-2-3-7-34-12-23(33)17-39-18-25(27,28)41-26(29,30)19-40-20-37-10-9-36-14-22(32)16-38-15-21(31)13-35-8-6-24-5-4-11-42-24/h2,4-5,11,21-23,31-33H,1,3,6-10,12-20H2. The third kappa shape index (κ3) is 22.3. The summed E-state index contributed by atoms with van der Waals surface area (Å²) in [6.07, 6.45) is -8.83. The van der Waals surface area contributed by atoms with Crippen LogP contribution < -0.4 is 0 Å². The van der Waals surface area contributed by atoms with E-state index in [2.05, 4.69) is 20.8 Å². The molecular formula is C26H42F4O11S. The van der Waals surface area contributed by atoms with Crippen LogP contribution in [0.25, 0.3) is 0 Å². The highest BCUT2D eigenvalue weighted by Crippen LogP contribution is 2.27. The molecular weight excluding hydrogens is 596 g/mol. The highest BCUT2D eigenvalue weighted by molar-refractivity contribution is 7.09. The summed E-state index contributed by atoms with van der Waals surface area (Å²) in [5.74, 6) is 0. The molecule has 11 nitrogen and oxygen atoms in total. The number of halogens is 4. The lowest BCUT2D eigenvalue weighted by atomic mass is 10.3. The Kier molecular flexibility index (Phi) is 21.4. The highest BCUT2D eigenvalue weighted by Gasteiger charge is 2.44. The molecule has 0 aromatic carbocycles. The summed E-state index contributed by atoms with van der Waals surface area (Å²) in [7, 11) is 0. The molecule has 16 heteroatoms. The van der Waals surface area contributed by atoms with Crippen molar-refractivity contribution in [2.24, 2.45) is 0 Å². The van der Waals surface area contributed by atoms with Crippen molar-refractivity contribution in [2.45, 2.75) is 43.4 Å². The van der Waals surface area contributed by atoms with E-state index in [9.17, 15) is 32.9 Å². The first kappa shape index (κ1) is 38.7. The summed E-state index contributed by atoms with van der Waals surface area (Å²) in [5.41, 5.74) is 0. The van der Waals surface area contributed by atoms with Gasteiger partial charge in [-0.2, -0.15) is 17.6 Å². The lowest BCUT2D eigenvalue weighted by molar-refractivity contribution is -0.396. The molecule has 0 saturated carbocycles. The van der Waals surface area contributed by atoms with Crippen LogP contribution >= 0.6 is 11.3 Å². The van der Waals surface area contributed by atoms with Crippen molar-refractivity contribution < 1.29 is 70.8 Å². The largest absolute Gasteiger partial charge is 0.388 e. The van der Waals surface area contributed by atoms with E-state index >= 15 is 0 Å². The van der Waals surface area contributed by atoms with Gasteiger partial charge in [0.15, 0.2) is 0 Å². The number of aliphatic hydroxyl groups is 3. The first-order valence-corrected chi connectivity index (χ1v) is 14.1. The van der Waals surface area contributed by atoms with E-state index in [1.807, 2.05) is 17.5 Å². The normalized spacial score (nSPS) is 14.6. The monoisotopic (exact) mass is 638 g/mol. The number of ether oxygens (including phenoxy) is 8. The van der Waals surface area contributed by atoms with E-state index in [0.29, 0.717) is 13.0 Å². The van der Waals surface area contributed by atoms with Crippen molar-refractivity contribution in [1.29, 1.82) is 0 Å². The van der Waals surface area contributed by atoms with Gasteiger partial charge in [-0.3, -0.25) is 4.74 Å². The summed E-state index contributed by atoms with van der Waals surface area (Å²) >= 11 is 1.63. The zero-order valence-corrected chi connectivity index (χ0v) is 24.2. The van der Waals surface area contributed by atoms with Gasteiger partial charge in [-0.15, -0.1) is 17.9 Å². The van der Waals surface area contributed by atoms with Gasteiger partial charge < -0.3 is 48.5 Å². The lowest BCUT2D eigenvalue weighted by Crippen LogP contribution is -2.40. The van der Waals surface area contributed by atoms with Crippen LogP contribution in [0.3, 0.4) is 0 Å². The maximum atomic E-state index is 13.6. The Morgan fingerprint density at radius 2 is 1.24 bits per heavy atom. The number of aliphatic hydroxyl groups excluding tert-OH is 3.